The quantitative estimate of drug-likeness (QED) is 0.569. The van der Waals surface area contributed by atoms with Gasteiger partial charge in [0.2, 0.25) is 0 Å². The SMILES string of the molecule is CCOc1cccc2sc(=NC(=O)c3ccc(C(C)=O)cc3)n(CCOC)c12. The molecule has 7 heteroatoms. The molecule has 0 aliphatic carbocycles. The molecule has 6 nitrogen and oxygen atoms in total. The topological polar surface area (TPSA) is 69.9 Å². The van der Waals surface area contributed by atoms with E-state index in [0.717, 1.165) is 16.0 Å². The van der Waals surface area contributed by atoms with Crippen LogP contribution in [0.25, 0.3) is 10.2 Å². The molecule has 0 atom stereocenters. The van der Waals surface area contributed by atoms with Gasteiger partial charge in [-0.15, -0.1) is 0 Å². The first kappa shape index (κ1) is 20.0. The normalized spacial score (nSPS) is 11.8. The molecule has 0 aliphatic heterocycles. The maximum atomic E-state index is 12.7. The summed E-state index contributed by atoms with van der Waals surface area (Å²) in [5.74, 6) is 0.360. The van der Waals surface area contributed by atoms with Crippen LogP contribution in [0.4, 0.5) is 0 Å². The molecule has 3 aromatic rings. The lowest BCUT2D eigenvalue weighted by atomic mass is 10.1. The fourth-order valence-corrected chi connectivity index (χ4v) is 3.92. The zero-order chi connectivity index (χ0) is 20.1. The number of hydrogen-bond acceptors (Lipinski definition) is 5. The van der Waals surface area contributed by atoms with Crippen molar-refractivity contribution in [2.75, 3.05) is 20.3 Å². The van der Waals surface area contributed by atoms with Gasteiger partial charge in [0.25, 0.3) is 5.91 Å². The molecule has 0 spiro atoms. The van der Waals surface area contributed by atoms with Gasteiger partial charge in [-0.25, -0.2) is 0 Å². The van der Waals surface area contributed by atoms with Gasteiger partial charge in [0, 0.05) is 24.8 Å². The number of methoxy groups -OCH3 is 1. The maximum Gasteiger partial charge on any atom is 0.279 e. The van der Waals surface area contributed by atoms with Crippen molar-refractivity contribution in [1.29, 1.82) is 0 Å². The molecule has 0 N–H and O–H groups in total. The monoisotopic (exact) mass is 398 g/mol. The number of rotatable bonds is 7. The molecule has 146 valence electrons. The van der Waals surface area contributed by atoms with E-state index in [9.17, 15) is 9.59 Å². The average Bonchev–Trinajstić information content (AvgIpc) is 3.04. The highest BCUT2D eigenvalue weighted by molar-refractivity contribution is 7.16. The molecule has 0 bridgehead atoms. The minimum Gasteiger partial charge on any atom is -0.492 e. The van der Waals surface area contributed by atoms with Crippen LogP contribution in [-0.4, -0.2) is 36.6 Å². The summed E-state index contributed by atoms with van der Waals surface area (Å²) in [6.45, 7) is 5.02. The lowest BCUT2D eigenvalue weighted by Crippen LogP contribution is -2.19. The van der Waals surface area contributed by atoms with E-state index < -0.39 is 0 Å². The van der Waals surface area contributed by atoms with Gasteiger partial charge in [-0.1, -0.05) is 29.5 Å². The molecule has 3 rings (SSSR count). The molecule has 2 aromatic carbocycles. The first-order valence-electron chi connectivity index (χ1n) is 8.99. The van der Waals surface area contributed by atoms with Gasteiger partial charge in [0.15, 0.2) is 10.6 Å². The van der Waals surface area contributed by atoms with E-state index in [2.05, 4.69) is 4.99 Å². The highest BCUT2D eigenvalue weighted by Crippen LogP contribution is 2.27. The number of hydrogen-bond donors (Lipinski definition) is 0. The second kappa shape index (κ2) is 8.95. The molecular weight excluding hydrogens is 376 g/mol. The maximum absolute atomic E-state index is 12.7. The van der Waals surface area contributed by atoms with Crippen molar-refractivity contribution in [3.8, 4) is 5.75 Å². The van der Waals surface area contributed by atoms with E-state index in [-0.39, 0.29) is 11.7 Å². The van der Waals surface area contributed by atoms with E-state index in [1.807, 2.05) is 29.7 Å². The Morgan fingerprint density at radius 3 is 2.46 bits per heavy atom. The third-order valence-corrected chi connectivity index (χ3v) is 5.26. The van der Waals surface area contributed by atoms with Gasteiger partial charge in [0.1, 0.15) is 11.3 Å². The Balaban J connectivity index is 2.08. The molecule has 0 saturated heterocycles. The van der Waals surface area contributed by atoms with Crippen LogP contribution < -0.4 is 9.54 Å². The van der Waals surface area contributed by atoms with Crippen LogP contribution in [0.5, 0.6) is 5.75 Å². The van der Waals surface area contributed by atoms with Gasteiger partial charge in [-0.05, 0) is 38.1 Å². The Bertz CT molecular complexity index is 1060. The standard InChI is InChI=1S/C21H22N2O4S/c1-4-27-17-6-5-7-18-19(17)23(12-13-26-3)21(28-18)22-20(25)16-10-8-15(9-11-16)14(2)24/h5-11H,4,12-13H2,1-3H3. The highest BCUT2D eigenvalue weighted by atomic mass is 32.1. The summed E-state index contributed by atoms with van der Waals surface area (Å²) in [7, 11) is 1.64. The van der Waals surface area contributed by atoms with Crippen molar-refractivity contribution in [2.24, 2.45) is 4.99 Å². The Morgan fingerprint density at radius 1 is 1.11 bits per heavy atom. The summed E-state index contributed by atoms with van der Waals surface area (Å²) in [6, 6.07) is 12.4. The van der Waals surface area contributed by atoms with Gasteiger partial charge in [-0.3, -0.25) is 9.59 Å². The van der Waals surface area contributed by atoms with Crippen LogP contribution in [-0.2, 0) is 11.3 Å². The number of ether oxygens (including phenoxy) is 2. The predicted molar refractivity (Wildman–Crippen MR) is 109 cm³/mol. The van der Waals surface area contributed by atoms with E-state index >= 15 is 0 Å². The second-order valence-electron chi connectivity index (χ2n) is 6.12. The molecule has 28 heavy (non-hydrogen) atoms. The van der Waals surface area contributed by atoms with Crippen LogP contribution >= 0.6 is 11.3 Å². The number of nitrogens with zero attached hydrogens (tertiary/aromatic N) is 2. The lowest BCUT2D eigenvalue weighted by Gasteiger charge is -2.09. The zero-order valence-corrected chi connectivity index (χ0v) is 16.9. The number of fused-ring (bicyclic) bond motifs is 1. The summed E-state index contributed by atoms with van der Waals surface area (Å²) in [5.41, 5.74) is 1.91. The van der Waals surface area contributed by atoms with E-state index in [0.29, 0.717) is 35.7 Å². The Kier molecular flexibility index (Phi) is 6.38. The Labute approximate surface area is 167 Å². The van der Waals surface area contributed by atoms with Crippen LogP contribution in [0.2, 0.25) is 0 Å². The molecule has 1 heterocycles. The number of benzene rings is 2. The third-order valence-electron chi connectivity index (χ3n) is 4.22. The fourth-order valence-electron chi connectivity index (χ4n) is 2.84. The predicted octanol–water partition coefficient (Wildman–Crippen LogP) is 3.69. The van der Waals surface area contributed by atoms with E-state index in [1.54, 1.807) is 31.4 Å². The molecule has 0 saturated carbocycles. The van der Waals surface area contributed by atoms with Crippen molar-refractivity contribution in [3.05, 3.63) is 58.4 Å². The van der Waals surface area contributed by atoms with Gasteiger partial charge < -0.3 is 14.0 Å². The molecule has 0 radical (unpaired) electrons. The van der Waals surface area contributed by atoms with Crippen LogP contribution in [0.3, 0.4) is 0 Å². The van der Waals surface area contributed by atoms with Crippen LogP contribution in [0.15, 0.2) is 47.5 Å². The van der Waals surface area contributed by atoms with Crippen LogP contribution in [0, 0.1) is 0 Å². The summed E-state index contributed by atoms with van der Waals surface area (Å²) in [5, 5.41) is 0. The Morgan fingerprint density at radius 2 is 1.82 bits per heavy atom. The van der Waals surface area contributed by atoms with Crippen molar-refractivity contribution >= 4 is 33.2 Å². The van der Waals surface area contributed by atoms with Crippen molar-refractivity contribution in [2.45, 2.75) is 20.4 Å². The minimum absolute atomic E-state index is 0.0405. The second-order valence-corrected chi connectivity index (χ2v) is 7.12. The summed E-state index contributed by atoms with van der Waals surface area (Å²) >= 11 is 1.43. The molecule has 0 aliphatic rings. The minimum atomic E-state index is -0.356. The molecule has 1 aromatic heterocycles. The number of carbonyl (C=O) groups excluding carboxylic acids is 2. The number of amides is 1. The van der Waals surface area contributed by atoms with Crippen molar-refractivity contribution in [3.63, 3.8) is 0 Å². The van der Waals surface area contributed by atoms with E-state index in [4.69, 9.17) is 9.47 Å². The average molecular weight is 398 g/mol. The van der Waals surface area contributed by atoms with Crippen molar-refractivity contribution in [1.82, 2.24) is 4.57 Å². The highest BCUT2D eigenvalue weighted by Gasteiger charge is 2.13. The lowest BCUT2D eigenvalue weighted by molar-refractivity contribution is 0.0991. The number of ketones is 1. The summed E-state index contributed by atoms with van der Waals surface area (Å²) in [4.78, 5) is 29.0. The number of thiazole rings is 1. The number of aromatic nitrogens is 1. The summed E-state index contributed by atoms with van der Waals surface area (Å²) in [6.07, 6.45) is 0. The van der Waals surface area contributed by atoms with Crippen molar-refractivity contribution < 1.29 is 19.1 Å². The number of Topliss-reactive ketones (excluding diaryl/α,β-unsaturated/α-hetero) is 1. The Hall–Kier alpha value is -2.77. The van der Waals surface area contributed by atoms with E-state index in [1.165, 1.54) is 18.3 Å². The van der Waals surface area contributed by atoms with Crippen LogP contribution in [0.1, 0.15) is 34.6 Å². The third kappa shape index (κ3) is 4.21. The van der Waals surface area contributed by atoms with Gasteiger partial charge in [0.05, 0.1) is 17.9 Å². The zero-order valence-electron chi connectivity index (χ0n) is 16.1. The molecule has 0 fully saturated rings. The first-order valence-corrected chi connectivity index (χ1v) is 9.81. The van der Waals surface area contributed by atoms with Gasteiger partial charge in [-0.2, -0.15) is 4.99 Å². The molecule has 1 amide bonds. The van der Waals surface area contributed by atoms with Gasteiger partial charge >= 0.3 is 0 Å². The fraction of sp³-hybridized carbons (Fsp3) is 0.286. The smallest absolute Gasteiger partial charge is 0.279 e. The number of carbonyl (C=O) groups is 2. The number of para-hydroxylation sites is 1. The first-order chi connectivity index (χ1) is 13.5. The largest absolute Gasteiger partial charge is 0.492 e. The molecular formula is C21H22N2O4S. The summed E-state index contributed by atoms with van der Waals surface area (Å²) < 4.78 is 13.9. The molecule has 0 unspecified atom stereocenters.